The molecule has 0 aliphatic heterocycles. The highest BCUT2D eigenvalue weighted by Gasteiger charge is 2.67. The summed E-state index contributed by atoms with van der Waals surface area (Å²) in [5.74, 6) is -6.11. The largest absolute Gasteiger partial charge is 0.411 e. The van der Waals surface area contributed by atoms with Gasteiger partial charge in [0.25, 0.3) is 0 Å². The molecule has 0 unspecified atom stereocenters. The van der Waals surface area contributed by atoms with Gasteiger partial charge in [-0.25, -0.2) is 8.78 Å². The molecular formula is C29H19Cl5F5NO4. The van der Waals surface area contributed by atoms with E-state index in [2.05, 4.69) is 10.1 Å². The number of ketones is 2. The van der Waals surface area contributed by atoms with Crippen molar-refractivity contribution in [1.82, 2.24) is 0 Å². The maximum absolute atomic E-state index is 15.1. The van der Waals surface area contributed by atoms with Gasteiger partial charge in [-0.05, 0) is 47.5 Å². The number of hydrogen-bond acceptors (Lipinski definition) is 4. The molecule has 4 rings (SSSR count). The van der Waals surface area contributed by atoms with Gasteiger partial charge in [0.15, 0.2) is 11.6 Å². The average molecular weight is 718 g/mol. The fraction of sp³-hybridized carbons (Fsp3) is 0.276. The monoisotopic (exact) mass is 715 g/mol. The summed E-state index contributed by atoms with van der Waals surface area (Å²) in [5.41, 5.74) is -0.387. The van der Waals surface area contributed by atoms with Gasteiger partial charge in [-0.2, -0.15) is 13.2 Å². The molecule has 1 aliphatic rings. The molecule has 5 nitrogen and oxygen atoms in total. The van der Waals surface area contributed by atoms with E-state index in [1.165, 1.54) is 18.2 Å². The van der Waals surface area contributed by atoms with Crippen LogP contribution in [-0.2, 0) is 27.2 Å². The minimum absolute atomic E-state index is 0.0307. The second kappa shape index (κ2) is 13.5. The first kappa shape index (κ1) is 34.4. The van der Waals surface area contributed by atoms with Crippen LogP contribution < -0.4 is 5.32 Å². The van der Waals surface area contributed by atoms with Crippen molar-refractivity contribution in [2.24, 2.45) is 5.92 Å². The number of ether oxygens (including phenoxy) is 1. The number of hydrogen-bond donors (Lipinski definition) is 1. The molecule has 0 aromatic heterocycles. The zero-order valence-electron chi connectivity index (χ0n) is 22.0. The van der Waals surface area contributed by atoms with Crippen molar-refractivity contribution in [2.45, 2.75) is 29.3 Å². The molecule has 1 aliphatic carbocycles. The third kappa shape index (κ3) is 8.02. The molecule has 0 saturated heterocycles. The molecule has 1 fully saturated rings. The van der Waals surface area contributed by atoms with Crippen LogP contribution in [0.25, 0.3) is 0 Å². The molecule has 3 aromatic rings. The van der Waals surface area contributed by atoms with Gasteiger partial charge in [-0.3, -0.25) is 14.4 Å². The van der Waals surface area contributed by atoms with Crippen molar-refractivity contribution in [2.75, 3.05) is 18.5 Å². The van der Waals surface area contributed by atoms with Gasteiger partial charge in [0.05, 0.1) is 21.0 Å². The molecule has 0 spiro atoms. The van der Waals surface area contributed by atoms with E-state index >= 15 is 4.39 Å². The fourth-order valence-corrected chi connectivity index (χ4v) is 5.91. The Morgan fingerprint density at radius 2 is 1.57 bits per heavy atom. The van der Waals surface area contributed by atoms with Crippen LogP contribution in [0.5, 0.6) is 0 Å². The fourth-order valence-electron chi connectivity index (χ4n) is 4.55. The Morgan fingerprint density at radius 1 is 0.886 bits per heavy atom. The maximum Gasteiger partial charge on any atom is 0.411 e. The number of carbonyl (C=O) groups excluding carboxylic acids is 3. The third-order valence-corrected chi connectivity index (χ3v) is 8.70. The SMILES string of the molecule is O=C(COCC(F)(F)F)Cc1c(F)ccc(CC(=O)c2cc(NC(=O)[C@H]3[C@H](c4ccc(Cl)c(Cl)c4)C3(Cl)Cl)ccc2Cl)c1F. The summed E-state index contributed by atoms with van der Waals surface area (Å²) in [5, 5.41) is 3.16. The molecule has 15 heteroatoms. The number of Topliss-reactive ketones (excluding diaryl/α,β-unsaturated/α-hetero) is 2. The minimum Gasteiger partial charge on any atom is -0.364 e. The Balaban J connectivity index is 1.46. The van der Waals surface area contributed by atoms with Crippen molar-refractivity contribution in [3.63, 3.8) is 0 Å². The molecular weight excluding hydrogens is 699 g/mol. The van der Waals surface area contributed by atoms with E-state index in [1.54, 1.807) is 18.2 Å². The Kier molecular flexibility index (Phi) is 10.5. The van der Waals surface area contributed by atoms with Crippen LogP contribution in [0.3, 0.4) is 0 Å². The number of halogens is 10. The van der Waals surface area contributed by atoms with Crippen LogP contribution in [0, 0.1) is 17.6 Å². The Bertz CT molecular complexity index is 1630. The number of alkyl halides is 5. The minimum atomic E-state index is -4.68. The molecule has 234 valence electrons. The van der Waals surface area contributed by atoms with E-state index in [-0.39, 0.29) is 26.9 Å². The van der Waals surface area contributed by atoms with Crippen molar-refractivity contribution in [3.8, 4) is 0 Å². The molecule has 44 heavy (non-hydrogen) atoms. The summed E-state index contributed by atoms with van der Waals surface area (Å²) in [4.78, 5) is 38.2. The lowest BCUT2D eigenvalue weighted by molar-refractivity contribution is -0.175. The molecule has 0 heterocycles. The van der Waals surface area contributed by atoms with Crippen molar-refractivity contribution < 1.29 is 41.1 Å². The van der Waals surface area contributed by atoms with Crippen LogP contribution in [0.15, 0.2) is 48.5 Å². The van der Waals surface area contributed by atoms with Crippen molar-refractivity contribution >= 4 is 81.2 Å². The Labute approximate surface area is 272 Å². The van der Waals surface area contributed by atoms with Gasteiger partial charge < -0.3 is 10.1 Å². The van der Waals surface area contributed by atoms with E-state index in [0.717, 1.165) is 12.1 Å². The summed E-state index contributed by atoms with van der Waals surface area (Å²) >= 11 is 31.0. The third-order valence-electron chi connectivity index (χ3n) is 6.69. The topological polar surface area (TPSA) is 72.5 Å². The molecule has 1 saturated carbocycles. The van der Waals surface area contributed by atoms with Gasteiger partial charge in [-0.15, -0.1) is 23.2 Å². The lowest BCUT2D eigenvalue weighted by Gasteiger charge is -2.12. The summed E-state index contributed by atoms with van der Waals surface area (Å²) in [7, 11) is 0. The standard InChI is InChI=1S/C29H19Cl5F5NO4/c30-19-5-3-15(40-27(43)25-24(29(25,33)34)13-1-4-20(31)21(32)7-13)9-17(19)23(42)8-14-2-6-22(35)18(26(14)36)10-16(41)11-44-12-28(37,38)39/h1-7,9,24-25H,8,10-12H2,(H,40,43)/t24-,25+/m0/s1. The summed E-state index contributed by atoms with van der Waals surface area (Å²) in [6.45, 7) is -2.71. The van der Waals surface area contributed by atoms with Crippen LogP contribution in [-0.4, -0.2) is 41.2 Å². The van der Waals surface area contributed by atoms with Gasteiger partial charge in [0, 0.05) is 35.6 Å². The van der Waals surface area contributed by atoms with E-state index in [1.807, 2.05) is 0 Å². The number of nitrogens with one attached hydrogen (secondary N) is 1. The van der Waals surface area contributed by atoms with Crippen molar-refractivity contribution in [1.29, 1.82) is 0 Å². The first-order chi connectivity index (χ1) is 20.5. The average Bonchev–Trinajstić information content (AvgIpc) is 3.51. The highest BCUT2D eigenvalue weighted by Crippen LogP contribution is 2.65. The molecule has 1 amide bonds. The number of carbonyl (C=O) groups is 3. The predicted molar refractivity (Wildman–Crippen MR) is 157 cm³/mol. The van der Waals surface area contributed by atoms with Gasteiger partial charge in [0.1, 0.15) is 29.2 Å². The quantitative estimate of drug-likeness (QED) is 0.123. The molecule has 2 atom stereocenters. The molecule has 1 N–H and O–H groups in total. The highest BCUT2D eigenvalue weighted by atomic mass is 35.5. The first-order valence-electron chi connectivity index (χ1n) is 12.6. The number of amides is 1. The van der Waals surface area contributed by atoms with Crippen molar-refractivity contribution in [3.05, 3.63) is 97.5 Å². The number of anilines is 1. The second-order valence-electron chi connectivity index (χ2n) is 9.91. The highest BCUT2D eigenvalue weighted by molar-refractivity contribution is 6.53. The van der Waals surface area contributed by atoms with Gasteiger partial charge >= 0.3 is 6.18 Å². The van der Waals surface area contributed by atoms with Gasteiger partial charge in [0.2, 0.25) is 5.91 Å². The van der Waals surface area contributed by atoms with E-state index in [4.69, 9.17) is 58.0 Å². The number of benzene rings is 3. The van der Waals surface area contributed by atoms with Crippen LogP contribution in [0.1, 0.15) is 33.0 Å². The molecule has 0 radical (unpaired) electrons. The normalized spacial score (nSPS) is 17.3. The second-order valence-corrected chi connectivity index (χ2v) is 12.6. The lowest BCUT2D eigenvalue weighted by atomic mass is 9.98. The zero-order chi connectivity index (χ0) is 32.6. The van der Waals surface area contributed by atoms with E-state index < -0.39 is 83.1 Å². The summed E-state index contributed by atoms with van der Waals surface area (Å²) in [6.07, 6.45) is -6.19. The Morgan fingerprint density at radius 3 is 2.23 bits per heavy atom. The van der Waals surface area contributed by atoms with Crippen LogP contribution in [0.4, 0.5) is 27.6 Å². The van der Waals surface area contributed by atoms with Gasteiger partial charge in [-0.1, -0.05) is 46.9 Å². The first-order valence-corrected chi connectivity index (χ1v) is 14.5. The Hall–Kier alpha value is -2.47. The van der Waals surface area contributed by atoms with Crippen LogP contribution >= 0.6 is 58.0 Å². The van der Waals surface area contributed by atoms with Crippen LogP contribution in [0.2, 0.25) is 15.1 Å². The predicted octanol–water partition coefficient (Wildman–Crippen LogP) is 8.57. The summed E-state index contributed by atoms with van der Waals surface area (Å²) < 4.78 is 68.9. The maximum atomic E-state index is 15.1. The van der Waals surface area contributed by atoms with E-state index in [9.17, 15) is 31.9 Å². The smallest absolute Gasteiger partial charge is 0.364 e. The lowest BCUT2D eigenvalue weighted by Crippen LogP contribution is -2.22. The zero-order valence-corrected chi connectivity index (χ0v) is 25.8. The molecule has 0 bridgehead atoms. The summed E-state index contributed by atoms with van der Waals surface area (Å²) in [6, 6.07) is 10.6. The number of rotatable bonds is 11. The van der Waals surface area contributed by atoms with E-state index in [0.29, 0.717) is 10.6 Å². The molecule has 3 aromatic carbocycles.